The third-order valence-electron chi connectivity index (χ3n) is 0. The van der Waals surface area contributed by atoms with E-state index >= 15 is 0 Å². The molecule has 12 nitrogen and oxygen atoms in total. The molecule has 17 heavy (non-hydrogen) atoms. The summed E-state index contributed by atoms with van der Waals surface area (Å²) < 4.78 is 0. The number of hydrogen-bond acceptors (Lipinski definition) is 0. The zero-order valence-corrected chi connectivity index (χ0v) is 18.9. The fourth-order valence-corrected chi connectivity index (χ4v) is 0. The molecule has 0 aliphatic heterocycles. The Hall–Kier alpha value is 4.62. The summed E-state index contributed by atoms with van der Waals surface area (Å²) in [7, 11) is 0. The Morgan fingerprint density at radius 3 is 0.176 bits per heavy atom. The van der Waals surface area contributed by atoms with Crippen LogP contribution in [0.2, 0.25) is 0 Å². The molecule has 0 aliphatic rings. The van der Waals surface area contributed by atoms with Gasteiger partial charge in [0.1, 0.15) is 0 Å². The molecule has 0 rings (SSSR count). The molecule has 0 aromatic heterocycles. The van der Waals surface area contributed by atoms with Gasteiger partial charge in [-0.1, -0.05) is 0 Å². The Bertz CT molecular complexity index is 19.7. The Morgan fingerprint density at radius 2 is 0.176 bits per heavy atom. The van der Waals surface area contributed by atoms with Crippen LogP contribution in [0.15, 0.2) is 0 Å². The fourth-order valence-electron chi connectivity index (χ4n) is 0. The minimum absolute atomic E-state index is 0. The number of rotatable bonds is 0. The molecule has 0 aliphatic carbocycles. The Morgan fingerprint density at radius 1 is 0.176 bits per heavy atom. The first-order valence-corrected chi connectivity index (χ1v) is 0. The van der Waals surface area contributed by atoms with Gasteiger partial charge in [-0.2, -0.15) is 0 Å². The molecule has 0 aromatic rings. The summed E-state index contributed by atoms with van der Waals surface area (Å²) in [6, 6.07) is 0. The van der Waals surface area contributed by atoms with Crippen LogP contribution in [0.25, 0.3) is 0 Å². The van der Waals surface area contributed by atoms with Crippen molar-refractivity contribution < 1.29 is 223 Å². The fraction of sp³-hybridized carbons (Fsp3) is 0. The van der Waals surface area contributed by atoms with Crippen LogP contribution in [0.5, 0.6) is 0 Å². The van der Waals surface area contributed by atoms with E-state index in [0.717, 1.165) is 0 Å². The van der Waals surface area contributed by atoms with Crippen LogP contribution >= 0.6 is 0 Å². The molecule has 136 valence electrons. The monoisotopic (exact) mass is 1090 g/mol. The standard InChI is InChI=1S/12O.3W.2Yb/q12*-2;;;;2*+3. The van der Waals surface area contributed by atoms with Crippen LogP contribution in [-0.2, 0) is 129 Å². The molecule has 0 aromatic carbocycles. The molecule has 0 spiro atoms. The molecular formula is O12W3Yb2-18. The van der Waals surface area contributed by atoms with Crippen molar-refractivity contribution in [1.82, 2.24) is 0 Å². The van der Waals surface area contributed by atoms with E-state index in [9.17, 15) is 0 Å². The molecule has 0 N–H and O–H groups in total. The van der Waals surface area contributed by atoms with E-state index in [-0.39, 0.29) is 223 Å². The van der Waals surface area contributed by atoms with Crippen molar-refractivity contribution in [3.05, 3.63) is 0 Å². The Balaban J connectivity index is 0. The average Bonchev–Trinajstić information content (AvgIpc) is 0. The summed E-state index contributed by atoms with van der Waals surface area (Å²) in [5.74, 6) is 0. The van der Waals surface area contributed by atoms with E-state index < -0.39 is 0 Å². The molecule has 0 unspecified atom stereocenters. The van der Waals surface area contributed by atoms with Crippen molar-refractivity contribution >= 4 is 0 Å². The normalized spacial score (nSPS) is 0. The van der Waals surface area contributed by atoms with Gasteiger partial charge in [-0.15, -0.1) is 0 Å². The smallest absolute Gasteiger partial charge is 2.00 e. The van der Waals surface area contributed by atoms with Crippen LogP contribution in [0, 0.1) is 93.8 Å². The van der Waals surface area contributed by atoms with Crippen molar-refractivity contribution in [2.75, 3.05) is 0 Å². The van der Waals surface area contributed by atoms with E-state index in [2.05, 4.69) is 0 Å². The van der Waals surface area contributed by atoms with E-state index in [4.69, 9.17) is 0 Å². The predicted molar refractivity (Wildman–Crippen MR) is 8.24 cm³/mol. The quantitative estimate of drug-likeness (QED) is 0.269. The Kier molecular flexibility index (Phi) is 9400. The second-order valence-corrected chi connectivity index (χ2v) is 0. The van der Waals surface area contributed by atoms with Gasteiger partial charge in [0.2, 0.25) is 0 Å². The molecule has 0 saturated heterocycles. The van der Waals surface area contributed by atoms with Crippen LogP contribution in [-0.4, -0.2) is 0 Å². The van der Waals surface area contributed by atoms with Gasteiger partial charge in [0, 0.05) is 63.2 Å². The van der Waals surface area contributed by atoms with Crippen molar-refractivity contribution in [2.45, 2.75) is 0 Å². The number of hydrogen-bond donors (Lipinski definition) is 0. The van der Waals surface area contributed by atoms with Crippen LogP contribution < -0.4 is 0 Å². The van der Waals surface area contributed by atoms with E-state index in [0.29, 0.717) is 0 Å². The molecule has 0 fully saturated rings. The second-order valence-electron chi connectivity index (χ2n) is 0. The zero-order valence-electron chi connectivity index (χ0n) is 6.66. The van der Waals surface area contributed by atoms with Gasteiger partial charge in [-0.05, 0) is 0 Å². The minimum Gasteiger partial charge on any atom is -2.00 e. The minimum atomic E-state index is 0. The third kappa shape index (κ3) is 335. The predicted octanol–water partition coefficient (Wildman–Crippen LogP) is -1.43. The Labute approximate surface area is 218 Å². The van der Waals surface area contributed by atoms with Crippen molar-refractivity contribution in [3.8, 4) is 0 Å². The zero-order chi connectivity index (χ0) is 0. The molecule has 0 heterocycles. The molecule has 2 radical (unpaired) electrons. The molecular weight excluding hydrogens is 1090 g/mol. The van der Waals surface area contributed by atoms with E-state index in [1.54, 1.807) is 0 Å². The van der Waals surface area contributed by atoms with Gasteiger partial charge in [0.25, 0.3) is 0 Å². The van der Waals surface area contributed by atoms with E-state index in [1.165, 1.54) is 0 Å². The van der Waals surface area contributed by atoms with Crippen LogP contribution in [0.1, 0.15) is 0 Å². The van der Waals surface area contributed by atoms with Gasteiger partial charge in [-0.25, -0.2) is 0 Å². The van der Waals surface area contributed by atoms with Crippen LogP contribution in [0.4, 0.5) is 0 Å². The first kappa shape index (κ1) is 430. The average molecular weight is 1090 g/mol. The first-order chi connectivity index (χ1) is 0. The van der Waals surface area contributed by atoms with Crippen LogP contribution in [0.3, 0.4) is 0 Å². The summed E-state index contributed by atoms with van der Waals surface area (Å²) in [4.78, 5) is 0. The summed E-state index contributed by atoms with van der Waals surface area (Å²) in [6.45, 7) is 0. The van der Waals surface area contributed by atoms with Crippen molar-refractivity contribution in [2.24, 2.45) is 0 Å². The summed E-state index contributed by atoms with van der Waals surface area (Å²) in [5.41, 5.74) is 0. The van der Waals surface area contributed by atoms with Crippen molar-refractivity contribution in [3.63, 3.8) is 0 Å². The van der Waals surface area contributed by atoms with Crippen molar-refractivity contribution in [1.29, 1.82) is 0 Å². The largest absolute Gasteiger partial charge is 3.00 e. The first-order valence-electron chi connectivity index (χ1n) is 0. The molecule has 0 amide bonds. The molecule has 17 heteroatoms. The molecule has 0 saturated carbocycles. The summed E-state index contributed by atoms with van der Waals surface area (Å²) in [6.07, 6.45) is 0. The third-order valence-corrected chi connectivity index (χ3v) is 0. The van der Waals surface area contributed by atoms with Gasteiger partial charge in [-0.3, -0.25) is 0 Å². The topological polar surface area (TPSA) is 342 Å². The maximum Gasteiger partial charge on any atom is 3.00 e. The van der Waals surface area contributed by atoms with Gasteiger partial charge >= 0.3 is 93.8 Å². The SMILES string of the molecule is [O-2].[O-2].[O-2].[O-2].[O-2].[O-2].[O-2].[O-2].[O-2].[O-2].[O-2].[O-2].[W].[W].[W].[Yb+3].[Yb+3]. The maximum absolute atomic E-state index is 0. The maximum atomic E-state index is 0. The van der Waals surface area contributed by atoms with Gasteiger partial charge < -0.3 is 65.7 Å². The molecule has 0 atom stereocenters. The second kappa shape index (κ2) is 371. The summed E-state index contributed by atoms with van der Waals surface area (Å²) >= 11 is 0. The summed E-state index contributed by atoms with van der Waals surface area (Å²) in [5, 5.41) is 0. The van der Waals surface area contributed by atoms with Gasteiger partial charge in [0.05, 0.1) is 0 Å². The van der Waals surface area contributed by atoms with E-state index in [1.807, 2.05) is 0 Å². The van der Waals surface area contributed by atoms with Gasteiger partial charge in [0.15, 0.2) is 0 Å². The molecule has 0 bridgehead atoms.